The number of carbonyl (C=O) groups is 1. The van der Waals surface area contributed by atoms with Gasteiger partial charge in [0.15, 0.2) is 0 Å². The van der Waals surface area contributed by atoms with Crippen LogP contribution in [0, 0.1) is 0 Å². The highest BCUT2D eigenvalue weighted by Crippen LogP contribution is 2.28. The van der Waals surface area contributed by atoms with Gasteiger partial charge in [0.25, 0.3) is 0 Å². The molecule has 1 aliphatic heterocycles. The molecule has 1 atom stereocenters. The lowest BCUT2D eigenvalue weighted by molar-refractivity contribution is -0.120. The second-order valence-corrected chi connectivity index (χ2v) is 5.48. The Bertz CT molecular complexity index is 478. The molecule has 1 saturated heterocycles. The average molecular weight is 296 g/mol. The smallest absolute Gasteiger partial charge is 0.221 e. The molecule has 0 bridgehead atoms. The molecule has 1 aromatic carbocycles. The van der Waals surface area contributed by atoms with Crippen molar-refractivity contribution >= 4 is 23.2 Å². The van der Waals surface area contributed by atoms with E-state index in [1.165, 1.54) is 0 Å². The molecule has 1 aliphatic rings. The van der Waals surface area contributed by atoms with Gasteiger partial charge in [-0.25, -0.2) is 0 Å². The van der Waals surface area contributed by atoms with Gasteiger partial charge in [0.1, 0.15) is 0 Å². The summed E-state index contributed by atoms with van der Waals surface area (Å²) < 4.78 is 0. The van der Waals surface area contributed by atoms with Crippen LogP contribution in [0.3, 0.4) is 0 Å². The first kappa shape index (κ1) is 15.1. The molecule has 0 aliphatic carbocycles. The third-order valence-corrected chi connectivity index (χ3v) is 3.97. The third-order valence-electron chi connectivity index (χ3n) is 3.64. The lowest BCUT2D eigenvalue weighted by atomic mass is 10.1. The van der Waals surface area contributed by atoms with Gasteiger partial charge >= 0.3 is 0 Å². The fraction of sp³-hybridized carbons (Fsp3) is 0.533. The Morgan fingerprint density at radius 1 is 1.45 bits per heavy atom. The van der Waals surface area contributed by atoms with Crippen LogP contribution in [-0.2, 0) is 4.79 Å². The van der Waals surface area contributed by atoms with Crippen LogP contribution in [0.15, 0.2) is 18.2 Å². The Labute approximate surface area is 125 Å². The third kappa shape index (κ3) is 3.64. The Morgan fingerprint density at radius 3 is 2.95 bits per heavy atom. The molecule has 110 valence electrons. The summed E-state index contributed by atoms with van der Waals surface area (Å²) in [6.45, 7) is 7.36. The first-order valence-corrected chi connectivity index (χ1v) is 7.54. The van der Waals surface area contributed by atoms with E-state index in [9.17, 15) is 4.79 Å². The van der Waals surface area contributed by atoms with Gasteiger partial charge in [-0.1, -0.05) is 24.6 Å². The minimum Gasteiger partial charge on any atom is -0.369 e. The quantitative estimate of drug-likeness (QED) is 0.896. The largest absolute Gasteiger partial charge is 0.369 e. The highest BCUT2D eigenvalue weighted by atomic mass is 35.5. The van der Waals surface area contributed by atoms with Crippen molar-refractivity contribution < 1.29 is 4.79 Å². The molecule has 2 rings (SSSR count). The summed E-state index contributed by atoms with van der Waals surface area (Å²) in [5, 5.41) is 7.02. The van der Waals surface area contributed by atoms with Crippen LogP contribution in [0.5, 0.6) is 0 Å². The van der Waals surface area contributed by atoms with Crippen molar-refractivity contribution in [1.29, 1.82) is 0 Å². The second kappa shape index (κ2) is 6.95. The first-order chi connectivity index (χ1) is 9.61. The van der Waals surface area contributed by atoms with Gasteiger partial charge in [0, 0.05) is 42.8 Å². The molecule has 1 aromatic rings. The Kier molecular flexibility index (Phi) is 5.26. The van der Waals surface area contributed by atoms with Gasteiger partial charge in [0.05, 0.1) is 0 Å². The van der Waals surface area contributed by atoms with Crippen LogP contribution in [0.1, 0.15) is 31.9 Å². The molecule has 0 spiro atoms. The molecule has 0 radical (unpaired) electrons. The summed E-state index contributed by atoms with van der Waals surface area (Å²) in [7, 11) is 0. The number of amides is 1. The van der Waals surface area contributed by atoms with Gasteiger partial charge in [-0.2, -0.15) is 0 Å². The van der Waals surface area contributed by atoms with E-state index < -0.39 is 0 Å². The Hall–Kier alpha value is -1.26. The van der Waals surface area contributed by atoms with E-state index in [-0.39, 0.29) is 11.9 Å². The fourth-order valence-corrected chi connectivity index (χ4v) is 2.84. The number of hydrogen-bond acceptors (Lipinski definition) is 3. The number of benzene rings is 1. The molecule has 1 fully saturated rings. The summed E-state index contributed by atoms with van der Waals surface area (Å²) in [5.74, 6) is 0.121. The molecular formula is C15H22ClN3O. The standard InChI is InChI=1S/C15H22ClN3O/c1-3-17-11(2)13-5-4-12(10-14(13)16)19-8-6-15(20)18-7-9-19/h4-5,10-11,17H,3,6-9H2,1-2H3,(H,18,20). The summed E-state index contributed by atoms with van der Waals surface area (Å²) >= 11 is 6.40. The number of halogens is 1. The number of anilines is 1. The Balaban J connectivity index is 2.13. The summed E-state index contributed by atoms with van der Waals surface area (Å²) in [6.07, 6.45) is 0.535. The normalized spacial score (nSPS) is 17.6. The van der Waals surface area contributed by atoms with Gasteiger partial charge in [-0.05, 0) is 31.2 Å². The molecule has 20 heavy (non-hydrogen) atoms. The van der Waals surface area contributed by atoms with E-state index in [2.05, 4.69) is 41.5 Å². The predicted octanol–water partition coefficient (Wildman–Crippen LogP) is 2.34. The molecule has 2 N–H and O–H groups in total. The second-order valence-electron chi connectivity index (χ2n) is 5.07. The molecular weight excluding hydrogens is 274 g/mol. The highest BCUT2D eigenvalue weighted by molar-refractivity contribution is 6.31. The molecule has 0 aromatic heterocycles. The van der Waals surface area contributed by atoms with Crippen molar-refractivity contribution in [2.24, 2.45) is 0 Å². The predicted molar refractivity (Wildman–Crippen MR) is 83.4 cm³/mol. The zero-order valence-corrected chi connectivity index (χ0v) is 12.8. The lowest BCUT2D eigenvalue weighted by Crippen LogP contribution is -2.28. The maximum atomic E-state index is 11.4. The van der Waals surface area contributed by atoms with Crippen LogP contribution < -0.4 is 15.5 Å². The van der Waals surface area contributed by atoms with Crippen LogP contribution in [0.2, 0.25) is 5.02 Å². The molecule has 0 saturated carbocycles. The maximum Gasteiger partial charge on any atom is 0.221 e. The van der Waals surface area contributed by atoms with Crippen molar-refractivity contribution in [3.05, 3.63) is 28.8 Å². The van der Waals surface area contributed by atoms with E-state index >= 15 is 0 Å². The number of hydrogen-bond donors (Lipinski definition) is 2. The molecule has 1 heterocycles. The van der Waals surface area contributed by atoms with E-state index in [0.717, 1.165) is 35.9 Å². The van der Waals surface area contributed by atoms with Gasteiger partial charge in [-0.3, -0.25) is 4.79 Å². The van der Waals surface area contributed by atoms with Gasteiger partial charge in [-0.15, -0.1) is 0 Å². The minimum atomic E-state index is 0.121. The van der Waals surface area contributed by atoms with Crippen LogP contribution in [0.4, 0.5) is 5.69 Å². The van der Waals surface area contributed by atoms with Crippen LogP contribution in [-0.4, -0.2) is 32.1 Å². The maximum absolute atomic E-state index is 11.4. The van der Waals surface area contributed by atoms with Crippen LogP contribution >= 0.6 is 11.6 Å². The van der Waals surface area contributed by atoms with Crippen molar-refractivity contribution in [2.75, 3.05) is 31.1 Å². The van der Waals surface area contributed by atoms with E-state index in [1.54, 1.807) is 0 Å². The van der Waals surface area contributed by atoms with E-state index in [0.29, 0.717) is 13.0 Å². The number of nitrogens with one attached hydrogen (secondary N) is 2. The van der Waals surface area contributed by atoms with E-state index in [4.69, 9.17) is 11.6 Å². The highest BCUT2D eigenvalue weighted by Gasteiger charge is 2.16. The minimum absolute atomic E-state index is 0.121. The SMILES string of the molecule is CCNC(C)c1ccc(N2CCNC(=O)CC2)cc1Cl. The average Bonchev–Trinajstić information content (AvgIpc) is 2.63. The number of carbonyl (C=O) groups excluding carboxylic acids is 1. The summed E-state index contributed by atoms with van der Waals surface area (Å²) in [6, 6.07) is 6.41. The number of rotatable bonds is 4. The van der Waals surface area contributed by atoms with Gasteiger partial charge < -0.3 is 15.5 Å². The molecule has 5 heteroatoms. The molecule has 1 amide bonds. The summed E-state index contributed by atoms with van der Waals surface area (Å²) in [5.41, 5.74) is 2.19. The lowest BCUT2D eigenvalue weighted by Gasteiger charge is -2.23. The zero-order chi connectivity index (χ0) is 14.5. The summed E-state index contributed by atoms with van der Waals surface area (Å²) in [4.78, 5) is 13.6. The number of nitrogens with zero attached hydrogens (tertiary/aromatic N) is 1. The van der Waals surface area contributed by atoms with Crippen molar-refractivity contribution in [3.8, 4) is 0 Å². The topological polar surface area (TPSA) is 44.4 Å². The van der Waals surface area contributed by atoms with E-state index in [1.807, 2.05) is 6.07 Å². The van der Waals surface area contributed by atoms with Gasteiger partial charge in [0.2, 0.25) is 5.91 Å². The van der Waals surface area contributed by atoms with Crippen molar-refractivity contribution in [1.82, 2.24) is 10.6 Å². The molecule has 1 unspecified atom stereocenters. The van der Waals surface area contributed by atoms with Crippen LogP contribution in [0.25, 0.3) is 0 Å². The van der Waals surface area contributed by atoms with Crippen molar-refractivity contribution in [2.45, 2.75) is 26.3 Å². The monoisotopic (exact) mass is 295 g/mol. The van der Waals surface area contributed by atoms with Crippen molar-refractivity contribution in [3.63, 3.8) is 0 Å². The zero-order valence-electron chi connectivity index (χ0n) is 12.1. The fourth-order valence-electron chi connectivity index (χ4n) is 2.51. The molecule has 4 nitrogen and oxygen atoms in total. The first-order valence-electron chi connectivity index (χ1n) is 7.16. The Morgan fingerprint density at radius 2 is 2.25 bits per heavy atom.